The Balaban J connectivity index is 1.57. The lowest BCUT2D eigenvalue weighted by atomic mass is 10.1. The lowest BCUT2D eigenvalue weighted by molar-refractivity contribution is 0.0950. The molecule has 0 spiro atoms. The van der Waals surface area contributed by atoms with E-state index in [9.17, 15) is 4.79 Å². The SMILES string of the molecule is COc1ccc2c(Oc3cccc(C(=O)NCc4cnn(C)c4)c3C)ccnc2c1. The second-order valence-corrected chi connectivity index (χ2v) is 6.93. The summed E-state index contributed by atoms with van der Waals surface area (Å²) in [6, 6.07) is 12.9. The van der Waals surface area contributed by atoms with Gasteiger partial charge in [-0.3, -0.25) is 14.5 Å². The van der Waals surface area contributed by atoms with Gasteiger partial charge in [0.15, 0.2) is 0 Å². The predicted molar refractivity (Wildman–Crippen MR) is 114 cm³/mol. The van der Waals surface area contributed by atoms with Crippen molar-refractivity contribution in [2.45, 2.75) is 13.5 Å². The van der Waals surface area contributed by atoms with Crippen molar-refractivity contribution >= 4 is 16.8 Å². The normalized spacial score (nSPS) is 10.8. The average Bonchev–Trinajstić information content (AvgIpc) is 3.18. The van der Waals surface area contributed by atoms with E-state index in [1.807, 2.05) is 56.6 Å². The molecule has 1 amide bonds. The molecule has 4 rings (SSSR count). The van der Waals surface area contributed by atoms with Crippen molar-refractivity contribution < 1.29 is 14.3 Å². The highest BCUT2D eigenvalue weighted by molar-refractivity contribution is 5.96. The van der Waals surface area contributed by atoms with Crippen LogP contribution in [0.3, 0.4) is 0 Å². The van der Waals surface area contributed by atoms with E-state index in [-0.39, 0.29) is 5.91 Å². The zero-order valence-electron chi connectivity index (χ0n) is 17.0. The van der Waals surface area contributed by atoms with Crippen molar-refractivity contribution in [2.75, 3.05) is 7.11 Å². The number of fused-ring (bicyclic) bond motifs is 1. The van der Waals surface area contributed by atoms with Crippen LogP contribution >= 0.6 is 0 Å². The molecule has 2 aromatic carbocycles. The van der Waals surface area contributed by atoms with Crippen molar-refractivity contribution in [1.82, 2.24) is 20.1 Å². The van der Waals surface area contributed by atoms with Gasteiger partial charge in [0.2, 0.25) is 0 Å². The highest BCUT2D eigenvalue weighted by atomic mass is 16.5. The fourth-order valence-corrected chi connectivity index (χ4v) is 3.25. The van der Waals surface area contributed by atoms with Gasteiger partial charge in [0.05, 0.1) is 18.8 Å². The Hall–Kier alpha value is -3.87. The Kier molecular flexibility index (Phi) is 5.34. The summed E-state index contributed by atoms with van der Waals surface area (Å²) in [5.41, 5.74) is 3.04. The molecule has 0 aliphatic heterocycles. The number of pyridine rings is 1. The summed E-state index contributed by atoms with van der Waals surface area (Å²) in [7, 11) is 3.46. The Bertz CT molecular complexity index is 1220. The van der Waals surface area contributed by atoms with Crippen LogP contribution in [0, 0.1) is 6.92 Å². The van der Waals surface area contributed by atoms with Crippen molar-refractivity contribution in [3.63, 3.8) is 0 Å². The first kappa shape index (κ1) is 19.4. The van der Waals surface area contributed by atoms with Gasteiger partial charge in [-0.05, 0) is 37.3 Å². The summed E-state index contributed by atoms with van der Waals surface area (Å²) in [4.78, 5) is 17.1. The minimum absolute atomic E-state index is 0.161. The van der Waals surface area contributed by atoms with Crippen LogP contribution < -0.4 is 14.8 Å². The first-order chi connectivity index (χ1) is 14.5. The molecule has 0 atom stereocenters. The second-order valence-electron chi connectivity index (χ2n) is 6.93. The molecule has 0 aliphatic carbocycles. The van der Waals surface area contributed by atoms with Crippen LogP contribution in [0.4, 0.5) is 0 Å². The van der Waals surface area contributed by atoms with Gasteiger partial charge in [-0.2, -0.15) is 5.10 Å². The second kappa shape index (κ2) is 8.24. The van der Waals surface area contributed by atoms with Crippen LogP contribution in [0.15, 0.2) is 61.1 Å². The predicted octanol–water partition coefficient (Wildman–Crippen LogP) is 4.01. The molecule has 30 heavy (non-hydrogen) atoms. The van der Waals surface area contributed by atoms with Crippen LogP contribution in [-0.4, -0.2) is 27.8 Å². The third kappa shape index (κ3) is 3.96. The largest absolute Gasteiger partial charge is 0.497 e. The van der Waals surface area contributed by atoms with E-state index in [2.05, 4.69) is 15.4 Å². The molecule has 0 saturated heterocycles. The number of rotatable bonds is 6. The first-order valence-corrected chi connectivity index (χ1v) is 9.51. The number of aromatic nitrogens is 3. The number of nitrogens with one attached hydrogen (secondary N) is 1. The minimum Gasteiger partial charge on any atom is -0.497 e. The highest BCUT2D eigenvalue weighted by Gasteiger charge is 2.14. The topological polar surface area (TPSA) is 78.3 Å². The summed E-state index contributed by atoms with van der Waals surface area (Å²) in [6.45, 7) is 2.29. The molecule has 0 bridgehead atoms. The molecule has 2 aromatic heterocycles. The van der Waals surface area contributed by atoms with Gasteiger partial charge < -0.3 is 14.8 Å². The Morgan fingerprint density at radius 2 is 2.03 bits per heavy atom. The first-order valence-electron chi connectivity index (χ1n) is 9.51. The van der Waals surface area contributed by atoms with Gasteiger partial charge in [-0.25, -0.2) is 0 Å². The quantitative estimate of drug-likeness (QED) is 0.527. The van der Waals surface area contributed by atoms with Crippen molar-refractivity contribution in [3.8, 4) is 17.2 Å². The van der Waals surface area contributed by atoms with Gasteiger partial charge in [0.25, 0.3) is 5.91 Å². The fourth-order valence-electron chi connectivity index (χ4n) is 3.25. The van der Waals surface area contributed by atoms with Crippen LogP contribution in [0.25, 0.3) is 10.9 Å². The minimum atomic E-state index is -0.161. The molecule has 0 unspecified atom stereocenters. The molecular formula is C23H22N4O3. The number of aryl methyl sites for hydroxylation is 1. The number of benzene rings is 2. The number of ether oxygens (including phenoxy) is 2. The Morgan fingerprint density at radius 3 is 2.80 bits per heavy atom. The summed E-state index contributed by atoms with van der Waals surface area (Å²) < 4.78 is 13.2. The molecule has 2 heterocycles. The molecule has 7 heteroatoms. The van der Waals surface area contributed by atoms with Gasteiger partial charge in [0, 0.05) is 54.1 Å². The summed E-state index contributed by atoms with van der Waals surface area (Å²) in [6.07, 6.45) is 5.29. The van der Waals surface area contributed by atoms with Gasteiger partial charge >= 0.3 is 0 Å². The highest BCUT2D eigenvalue weighted by Crippen LogP contribution is 2.33. The zero-order chi connectivity index (χ0) is 21.1. The molecule has 0 saturated carbocycles. The van der Waals surface area contributed by atoms with Crippen LogP contribution in [0.2, 0.25) is 0 Å². The molecular weight excluding hydrogens is 380 g/mol. The van der Waals surface area contributed by atoms with Crippen LogP contribution in [0.5, 0.6) is 17.2 Å². The monoisotopic (exact) mass is 402 g/mol. The van der Waals surface area contributed by atoms with Crippen molar-refractivity contribution in [2.24, 2.45) is 7.05 Å². The lowest BCUT2D eigenvalue weighted by Gasteiger charge is -2.14. The Morgan fingerprint density at radius 1 is 1.17 bits per heavy atom. The van der Waals surface area contributed by atoms with Crippen molar-refractivity contribution in [3.05, 3.63) is 77.7 Å². The van der Waals surface area contributed by atoms with E-state index < -0.39 is 0 Å². The van der Waals surface area contributed by atoms with E-state index in [0.29, 0.717) is 23.6 Å². The number of amides is 1. The number of hydrogen-bond donors (Lipinski definition) is 1. The van der Waals surface area contributed by atoms with Gasteiger partial charge in [0.1, 0.15) is 17.2 Å². The third-order valence-corrected chi connectivity index (χ3v) is 4.87. The smallest absolute Gasteiger partial charge is 0.251 e. The molecule has 152 valence electrons. The third-order valence-electron chi connectivity index (χ3n) is 4.87. The van der Waals surface area contributed by atoms with Crippen LogP contribution in [0.1, 0.15) is 21.5 Å². The van der Waals surface area contributed by atoms with E-state index in [0.717, 1.165) is 27.8 Å². The van der Waals surface area contributed by atoms with E-state index in [4.69, 9.17) is 9.47 Å². The molecule has 4 aromatic rings. The van der Waals surface area contributed by atoms with E-state index in [1.54, 1.807) is 30.3 Å². The number of carbonyl (C=O) groups is 1. The number of carbonyl (C=O) groups excluding carboxylic acids is 1. The summed E-state index contributed by atoms with van der Waals surface area (Å²) in [5.74, 6) is 1.85. The average molecular weight is 402 g/mol. The zero-order valence-corrected chi connectivity index (χ0v) is 17.0. The maximum atomic E-state index is 12.7. The van der Waals surface area contributed by atoms with Gasteiger partial charge in [-0.1, -0.05) is 6.07 Å². The number of methoxy groups -OCH3 is 1. The number of nitrogens with zero attached hydrogens (tertiary/aromatic N) is 3. The standard InChI is InChI=1S/C23H22N4O3/c1-15-18(23(28)25-12-16-13-26-27(2)14-16)5-4-6-21(15)30-22-9-10-24-20-11-17(29-3)7-8-19(20)22/h4-11,13-14H,12H2,1-3H3,(H,25,28). The molecule has 0 fully saturated rings. The maximum Gasteiger partial charge on any atom is 0.251 e. The summed E-state index contributed by atoms with van der Waals surface area (Å²) in [5, 5.41) is 7.91. The van der Waals surface area contributed by atoms with Crippen molar-refractivity contribution in [1.29, 1.82) is 0 Å². The maximum absolute atomic E-state index is 12.7. The lowest BCUT2D eigenvalue weighted by Crippen LogP contribution is -2.23. The molecule has 1 N–H and O–H groups in total. The molecule has 0 radical (unpaired) electrons. The molecule has 7 nitrogen and oxygen atoms in total. The van der Waals surface area contributed by atoms with Crippen LogP contribution in [-0.2, 0) is 13.6 Å². The van der Waals surface area contributed by atoms with Gasteiger partial charge in [-0.15, -0.1) is 0 Å². The van der Waals surface area contributed by atoms with E-state index >= 15 is 0 Å². The Labute approximate surface area is 174 Å². The summed E-state index contributed by atoms with van der Waals surface area (Å²) >= 11 is 0. The fraction of sp³-hybridized carbons (Fsp3) is 0.174. The number of hydrogen-bond acceptors (Lipinski definition) is 5. The van der Waals surface area contributed by atoms with E-state index in [1.165, 1.54) is 0 Å². The molecule has 0 aliphatic rings.